The Morgan fingerprint density at radius 2 is 2.00 bits per heavy atom. The second kappa shape index (κ2) is 7.71. The molecule has 1 fully saturated rings. The third kappa shape index (κ3) is 3.75. The van der Waals surface area contributed by atoms with Crippen LogP contribution < -0.4 is 10.6 Å². The molecule has 1 aromatic carbocycles. The highest BCUT2D eigenvalue weighted by molar-refractivity contribution is 6.00. The van der Waals surface area contributed by atoms with E-state index in [1.165, 1.54) is 6.07 Å². The number of benzene rings is 1. The van der Waals surface area contributed by atoms with Crippen LogP contribution in [0.25, 0.3) is 0 Å². The number of allylic oxidation sites excluding steroid dienone is 3. The Morgan fingerprint density at radius 3 is 2.65 bits per heavy atom. The number of Topliss-reactive ketones (excluding diaryl/α,β-unsaturated/α-hetero) is 1. The zero-order chi connectivity index (χ0) is 22.3. The molecule has 9 heteroatoms. The normalized spacial score (nSPS) is 23.2. The lowest BCUT2D eigenvalue weighted by Crippen LogP contribution is -2.36. The van der Waals surface area contributed by atoms with Gasteiger partial charge in [0.05, 0.1) is 24.1 Å². The van der Waals surface area contributed by atoms with Gasteiger partial charge in [0.2, 0.25) is 5.88 Å². The van der Waals surface area contributed by atoms with Crippen LogP contribution in [-0.4, -0.2) is 37.0 Å². The van der Waals surface area contributed by atoms with Gasteiger partial charge < -0.3 is 20.1 Å². The van der Waals surface area contributed by atoms with E-state index >= 15 is 0 Å². The number of anilines is 1. The van der Waals surface area contributed by atoms with Gasteiger partial charge in [-0.05, 0) is 17.0 Å². The average Bonchev–Trinajstić information content (AvgIpc) is 2.72. The molecule has 0 unspecified atom stereocenters. The molecule has 2 aliphatic heterocycles. The molecule has 2 N–H and O–H groups in total. The first-order valence-corrected chi connectivity index (χ1v) is 10.2. The first kappa shape index (κ1) is 20.9. The molecule has 1 saturated heterocycles. The molecule has 0 amide bonds. The maximum atomic E-state index is 13.1. The molecular weight excluding hydrogens is 400 g/mol. The van der Waals surface area contributed by atoms with Crippen LogP contribution in [-0.2, 0) is 14.3 Å². The van der Waals surface area contributed by atoms with Crippen molar-refractivity contribution in [3.05, 3.63) is 56.7 Å². The zero-order valence-electron chi connectivity index (χ0n) is 17.5. The van der Waals surface area contributed by atoms with Gasteiger partial charge in [-0.3, -0.25) is 14.9 Å². The summed E-state index contributed by atoms with van der Waals surface area (Å²) in [6.45, 7) is 6.03. The third-order valence-corrected chi connectivity index (χ3v) is 5.96. The first-order chi connectivity index (χ1) is 14.7. The minimum absolute atomic E-state index is 0.0586. The molecule has 1 aromatic rings. The van der Waals surface area contributed by atoms with Gasteiger partial charge >= 0.3 is 0 Å². The summed E-state index contributed by atoms with van der Waals surface area (Å²) < 4.78 is 11.0. The molecule has 0 spiro atoms. The SMILES string of the molecule is CC1(C)CC(=O)C2=C(C1)OC(N)=C(C#N)[C@H]2c1ccc(N2CCOCC2)c([N+](=O)[O-])c1. The summed E-state index contributed by atoms with van der Waals surface area (Å²) >= 11 is 0. The second-order valence-corrected chi connectivity index (χ2v) is 8.81. The van der Waals surface area contributed by atoms with Crippen LogP contribution in [0.3, 0.4) is 0 Å². The number of carbonyl (C=O) groups excluding carboxylic acids is 1. The van der Waals surface area contributed by atoms with Crippen molar-refractivity contribution in [1.29, 1.82) is 5.26 Å². The largest absolute Gasteiger partial charge is 0.444 e. The first-order valence-electron chi connectivity index (χ1n) is 10.2. The van der Waals surface area contributed by atoms with E-state index in [9.17, 15) is 20.2 Å². The van der Waals surface area contributed by atoms with Crippen LogP contribution in [0.2, 0.25) is 0 Å². The lowest BCUT2D eigenvalue weighted by atomic mass is 9.70. The van der Waals surface area contributed by atoms with E-state index in [1.54, 1.807) is 12.1 Å². The quantitative estimate of drug-likeness (QED) is 0.579. The molecule has 31 heavy (non-hydrogen) atoms. The van der Waals surface area contributed by atoms with E-state index in [2.05, 4.69) is 0 Å². The van der Waals surface area contributed by atoms with E-state index in [4.69, 9.17) is 15.2 Å². The van der Waals surface area contributed by atoms with Gasteiger partial charge in [0, 0.05) is 37.6 Å². The van der Waals surface area contributed by atoms with Gasteiger partial charge in [0.1, 0.15) is 23.1 Å². The van der Waals surface area contributed by atoms with E-state index in [1.807, 2.05) is 24.8 Å². The number of morpholine rings is 1. The van der Waals surface area contributed by atoms with E-state index in [-0.39, 0.29) is 28.3 Å². The molecule has 3 aliphatic rings. The number of nitriles is 1. The monoisotopic (exact) mass is 424 g/mol. The smallest absolute Gasteiger partial charge is 0.292 e. The Balaban J connectivity index is 1.84. The molecule has 1 aliphatic carbocycles. The van der Waals surface area contributed by atoms with Crippen molar-refractivity contribution >= 4 is 17.2 Å². The summed E-state index contributed by atoms with van der Waals surface area (Å²) in [6, 6.07) is 6.91. The third-order valence-electron chi connectivity index (χ3n) is 5.96. The minimum atomic E-state index is -0.783. The maximum Gasteiger partial charge on any atom is 0.292 e. The molecule has 4 rings (SSSR count). The van der Waals surface area contributed by atoms with Crippen molar-refractivity contribution in [3.63, 3.8) is 0 Å². The topological polar surface area (TPSA) is 132 Å². The summed E-state index contributed by atoms with van der Waals surface area (Å²) in [5.41, 5.74) is 7.11. The van der Waals surface area contributed by atoms with E-state index in [0.29, 0.717) is 61.7 Å². The molecule has 0 aromatic heterocycles. The van der Waals surface area contributed by atoms with Crippen molar-refractivity contribution in [3.8, 4) is 6.07 Å². The molecule has 0 saturated carbocycles. The van der Waals surface area contributed by atoms with Gasteiger partial charge in [-0.25, -0.2) is 0 Å². The van der Waals surface area contributed by atoms with Crippen LogP contribution in [0.5, 0.6) is 0 Å². The molecule has 1 atom stereocenters. The summed E-state index contributed by atoms with van der Waals surface area (Å²) in [6.07, 6.45) is 0.802. The van der Waals surface area contributed by atoms with Crippen molar-refractivity contribution in [1.82, 2.24) is 0 Å². The maximum absolute atomic E-state index is 13.1. The average molecular weight is 424 g/mol. The van der Waals surface area contributed by atoms with Crippen LogP contribution in [0.1, 0.15) is 38.2 Å². The molecule has 0 radical (unpaired) electrons. The van der Waals surface area contributed by atoms with Crippen molar-refractivity contribution in [2.45, 2.75) is 32.6 Å². The number of rotatable bonds is 3. The molecule has 0 bridgehead atoms. The second-order valence-electron chi connectivity index (χ2n) is 8.81. The van der Waals surface area contributed by atoms with Crippen molar-refractivity contribution in [2.24, 2.45) is 11.1 Å². The summed E-state index contributed by atoms with van der Waals surface area (Å²) in [5.74, 6) is -0.523. The fourth-order valence-electron chi connectivity index (χ4n) is 4.56. The Bertz CT molecular complexity index is 1060. The highest BCUT2D eigenvalue weighted by atomic mass is 16.6. The number of nitrogens with zero attached hydrogens (tertiary/aromatic N) is 3. The van der Waals surface area contributed by atoms with Crippen molar-refractivity contribution < 1.29 is 19.2 Å². The van der Waals surface area contributed by atoms with E-state index < -0.39 is 10.8 Å². The molecule has 9 nitrogen and oxygen atoms in total. The van der Waals surface area contributed by atoms with Gasteiger partial charge in [-0.1, -0.05) is 19.9 Å². The number of ether oxygens (including phenoxy) is 2. The highest BCUT2D eigenvalue weighted by Crippen LogP contribution is 2.48. The van der Waals surface area contributed by atoms with Gasteiger partial charge in [-0.2, -0.15) is 5.26 Å². The standard InChI is InChI=1S/C22H24N4O5/c1-22(2)10-17(27)20-18(11-22)31-21(24)14(12-23)19(20)13-3-4-15(16(9-13)26(28)29)25-5-7-30-8-6-25/h3-4,9,19H,5-8,10-11,24H2,1-2H3/t19-/m1/s1. The van der Waals surface area contributed by atoms with Gasteiger partial charge in [0.25, 0.3) is 5.69 Å². The molecular formula is C22H24N4O5. The summed E-state index contributed by atoms with van der Waals surface area (Å²) in [5, 5.41) is 21.6. The predicted octanol–water partition coefficient (Wildman–Crippen LogP) is 2.88. The number of hydrogen-bond acceptors (Lipinski definition) is 8. The number of ketones is 1. The summed E-state index contributed by atoms with van der Waals surface area (Å²) in [4.78, 5) is 26.4. The van der Waals surface area contributed by atoms with Crippen LogP contribution in [0, 0.1) is 26.9 Å². The summed E-state index contributed by atoms with van der Waals surface area (Å²) in [7, 11) is 0. The van der Waals surface area contributed by atoms with Gasteiger partial charge in [0.15, 0.2) is 5.78 Å². The fraction of sp³-hybridized carbons (Fsp3) is 0.455. The Morgan fingerprint density at radius 1 is 1.29 bits per heavy atom. The number of nitro benzene ring substituents is 1. The van der Waals surface area contributed by atoms with Crippen LogP contribution in [0.15, 0.2) is 41.0 Å². The lowest BCUT2D eigenvalue weighted by Gasteiger charge is -2.37. The van der Waals surface area contributed by atoms with Crippen LogP contribution in [0.4, 0.5) is 11.4 Å². The minimum Gasteiger partial charge on any atom is -0.444 e. The van der Waals surface area contributed by atoms with Crippen LogP contribution >= 0.6 is 0 Å². The number of hydrogen-bond donors (Lipinski definition) is 1. The molecule has 2 heterocycles. The number of nitro groups is 1. The van der Waals surface area contributed by atoms with Crippen molar-refractivity contribution in [2.75, 3.05) is 31.2 Å². The van der Waals surface area contributed by atoms with E-state index in [0.717, 1.165) is 0 Å². The number of nitrogens with two attached hydrogens (primary N) is 1. The lowest BCUT2D eigenvalue weighted by molar-refractivity contribution is -0.384. The number of carbonyl (C=O) groups is 1. The fourth-order valence-corrected chi connectivity index (χ4v) is 4.56. The Labute approximate surface area is 179 Å². The predicted molar refractivity (Wildman–Crippen MR) is 112 cm³/mol. The van der Waals surface area contributed by atoms with Gasteiger partial charge in [-0.15, -0.1) is 0 Å². The Hall–Kier alpha value is -3.38. The highest BCUT2D eigenvalue weighted by Gasteiger charge is 2.43. The zero-order valence-corrected chi connectivity index (χ0v) is 17.5. The molecule has 162 valence electrons. The Kier molecular flexibility index (Phi) is 5.19.